The maximum absolute atomic E-state index is 12.5. The molecule has 6 heteroatoms. The van der Waals surface area contributed by atoms with Crippen molar-refractivity contribution in [3.05, 3.63) is 39.6 Å². The Balaban J connectivity index is 2.35. The molecule has 0 saturated heterocycles. The highest BCUT2D eigenvalue weighted by molar-refractivity contribution is 9.10. The van der Waals surface area contributed by atoms with E-state index in [9.17, 15) is 4.79 Å². The molecule has 21 heavy (non-hydrogen) atoms. The Morgan fingerprint density at radius 1 is 1.43 bits per heavy atom. The number of carbonyl (C=O) groups is 1. The number of nitrogens with one attached hydrogen (secondary N) is 1. The summed E-state index contributed by atoms with van der Waals surface area (Å²) in [7, 11) is 0. The largest absolute Gasteiger partial charge is 0.395 e. The van der Waals surface area contributed by atoms with Gasteiger partial charge in [0.05, 0.1) is 11.4 Å². The van der Waals surface area contributed by atoms with Crippen molar-refractivity contribution in [2.45, 2.75) is 33.7 Å². The summed E-state index contributed by atoms with van der Waals surface area (Å²) in [6.45, 7) is 6.38. The van der Waals surface area contributed by atoms with Crippen LogP contribution in [0.4, 0.5) is 11.4 Å². The summed E-state index contributed by atoms with van der Waals surface area (Å²) in [4.78, 5) is 12.5. The van der Waals surface area contributed by atoms with Crippen molar-refractivity contribution in [1.29, 1.82) is 0 Å². The van der Waals surface area contributed by atoms with Gasteiger partial charge in [-0.15, -0.1) is 0 Å². The number of nitrogens with two attached hydrogens (primary N) is 1. The molecule has 0 aliphatic carbocycles. The van der Waals surface area contributed by atoms with Gasteiger partial charge in [0.2, 0.25) is 0 Å². The molecule has 0 atom stereocenters. The number of benzene rings is 1. The highest BCUT2D eigenvalue weighted by atomic mass is 79.9. The number of nitrogen functional groups attached to an aromatic ring is 1. The van der Waals surface area contributed by atoms with Gasteiger partial charge in [0.15, 0.2) is 0 Å². The Labute approximate surface area is 132 Å². The van der Waals surface area contributed by atoms with Crippen molar-refractivity contribution in [2.24, 2.45) is 0 Å². The number of nitrogens with zero attached hydrogens (tertiary/aromatic N) is 2. The van der Waals surface area contributed by atoms with E-state index in [0.717, 1.165) is 22.1 Å². The van der Waals surface area contributed by atoms with Gasteiger partial charge >= 0.3 is 0 Å². The third kappa shape index (κ3) is 3.10. The van der Waals surface area contributed by atoms with Crippen LogP contribution in [0.2, 0.25) is 0 Å². The number of hydrogen-bond donors (Lipinski definition) is 2. The molecule has 1 amide bonds. The topological polar surface area (TPSA) is 72.9 Å². The molecule has 2 rings (SSSR count). The Hall–Kier alpha value is -1.82. The molecule has 112 valence electrons. The Morgan fingerprint density at radius 2 is 2.14 bits per heavy atom. The van der Waals surface area contributed by atoms with Gasteiger partial charge < -0.3 is 11.1 Å². The molecule has 1 heterocycles. The van der Waals surface area contributed by atoms with Crippen molar-refractivity contribution in [2.75, 3.05) is 11.1 Å². The van der Waals surface area contributed by atoms with Gasteiger partial charge in [-0.25, -0.2) is 0 Å². The molecule has 2 aromatic rings. The van der Waals surface area contributed by atoms with E-state index in [4.69, 9.17) is 5.73 Å². The fourth-order valence-corrected chi connectivity index (χ4v) is 2.63. The fraction of sp³-hybridized carbons (Fsp3) is 0.333. The predicted molar refractivity (Wildman–Crippen MR) is 88.5 cm³/mol. The van der Waals surface area contributed by atoms with Crippen LogP contribution < -0.4 is 11.1 Å². The first-order valence-corrected chi connectivity index (χ1v) is 7.69. The number of carbonyl (C=O) groups excluding carboxylic acids is 1. The number of anilines is 2. The Kier molecular flexibility index (Phi) is 4.67. The first kappa shape index (κ1) is 15.6. The number of rotatable bonds is 4. The molecule has 3 N–H and O–H groups in total. The van der Waals surface area contributed by atoms with E-state index in [2.05, 4.69) is 26.3 Å². The average Bonchev–Trinajstić information content (AvgIpc) is 2.76. The van der Waals surface area contributed by atoms with E-state index < -0.39 is 0 Å². The van der Waals surface area contributed by atoms with Crippen LogP contribution >= 0.6 is 15.9 Å². The van der Waals surface area contributed by atoms with E-state index in [-0.39, 0.29) is 5.91 Å². The number of aryl methyl sites for hydroxylation is 3. The van der Waals surface area contributed by atoms with Gasteiger partial charge in [-0.3, -0.25) is 9.48 Å². The van der Waals surface area contributed by atoms with Crippen LogP contribution in [-0.2, 0) is 13.0 Å². The summed E-state index contributed by atoms with van der Waals surface area (Å²) >= 11 is 3.44. The third-order valence-corrected chi connectivity index (χ3v) is 3.88. The summed E-state index contributed by atoms with van der Waals surface area (Å²) in [5, 5.41) is 7.20. The van der Waals surface area contributed by atoms with Gasteiger partial charge in [-0.05, 0) is 44.0 Å². The summed E-state index contributed by atoms with van der Waals surface area (Å²) in [6.07, 6.45) is 0.830. The minimum Gasteiger partial charge on any atom is -0.395 e. The Morgan fingerprint density at radius 3 is 2.76 bits per heavy atom. The summed E-state index contributed by atoms with van der Waals surface area (Å²) in [6, 6.07) is 5.79. The zero-order chi connectivity index (χ0) is 15.6. The lowest BCUT2D eigenvalue weighted by atomic mass is 10.1. The molecule has 0 saturated carbocycles. The molecule has 0 spiro atoms. The fourth-order valence-electron chi connectivity index (χ4n) is 2.22. The van der Waals surface area contributed by atoms with Crippen molar-refractivity contribution in [3.63, 3.8) is 0 Å². The molecule has 0 aliphatic rings. The average molecular weight is 351 g/mol. The first-order valence-electron chi connectivity index (χ1n) is 6.90. The van der Waals surface area contributed by atoms with E-state index in [0.29, 0.717) is 23.6 Å². The third-order valence-electron chi connectivity index (χ3n) is 3.38. The van der Waals surface area contributed by atoms with Gasteiger partial charge in [-0.1, -0.05) is 22.9 Å². The molecule has 1 aromatic carbocycles. The highest BCUT2D eigenvalue weighted by Crippen LogP contribution is 2.24. The second-order valence-corrected chi connectivity index (χ2v) is 5.69. The number of amides is 1. The molecule has 0 aliphatic heterocycles. The first-order chi connectivity index (χ1) is 9.97. The van der Waals surface area contributed by atoms with Crippen LogP contribution in [0, 0.1) is 6.92 Å². The second kappa shape index (κ2) is 6.30. The van der Waals surface area contributed by atoms with Crippen LogP contribution in [0.15, 0.2) is 22.7 Å². The molecular formula is C15H19BrN4O. The lowest BCUT2D eigenvalue weighted by molar-refractivity contribution is 0.101. The number of aromatic nitrogens is 2. The molecule has 5 nitrogen and oxygen atoms in total. The molecule has 0 fully saturated rings. The monoisotopic (exact) mass is 350 g/mol. The predicted octanol–water partition coefficient (Wildman–Crippen LogP) is 3.37. The van der Waals surface area contributed by atoms with Gasteiger partial charge in [0, 0.05) is 16.7 Å². The van der Waals surface area contributed by atoms with E-state index in [1.54, 1.807) is 11.6 Å². The minimum absolute atomic E-state index is 0.230. The molecule has 0 radical (unpaired) electrons. The van der Waals surface area contributed by atoms with Crippen molar-refractivity contribution < 1.29 is 4.79 Å². The summed E-state index contributed by atoms with van der Waals surface area (Å²) < 4.78 is 2.62. The SMILES string of the molecule is CCc1cc(Br)ccc1NC(=O)c1c(N)c(C)nn1CC. The highest BCUT2D eigenvalue weighted by Gasteiger charge is 2.19. The van der Waals surface area contributed by atoms with Crippen LogP contribution in [0.3, 0.4) is 0 Å². The van der Waals surface area contributed by atoms with Crippen molar-refractivity contribution in [1.82, 2.24) is 9.78 Å². The molecule has 0 unspecified atom stereocenters. The molecule has 0 bridgehead atoms. The van der Waals surface area contributed by atoms with Crippen LogP contribution in [0.1, 0.15) is 35.6 Å². The van der Waals surface area contributed by atoms with Crippen molar-refractivity contribution >= 4 is 33.2 Å². The van der Waals surface area contributed by atoms with Gasteiger partial charge in [0.1, 0.15) is 5.69 Å². The van der Waals surface area contributed by atoms with Gasteiger partial charge in [0.25, 0.3) is 5.91 Å². The number of halogens is 1. The van der Waals surface area contributed by atoms with Crippen LogP contribution in [0.25, 0.3) is 0 Å². The zero-order valence-electron chi connectivity index (χ0n) is 12.4. The Bertz CT molecular complexity index is 679. The van der Waals surface area contributed by atoms with Crippen LogP contribution in [0.5, 0.6) is 0 Å². The van der Waals surface area contributed by atoms with E-state index in [1.165, 1.54) is 0 Å². The molecule has 1 aromatic heterocycles. The van der Waals surface area contributed by atoms with E-state index >= 15 is 0 Å². The normalized spacial score (nSPS) is 10.7. The lowest BCUT2D eigenvalue weighted by Gasteiger charge is -2.11. The minimum atomic E-state index is -0.230. The summed E-state index contributed by atoms with van der Waals surface area (Å²) in [5.74, 6) is -0.230. The maximum Gasteiger partial charge on any atom is 0.276 e. The number of hydrogen-bond acceptors (Lipinski definition) is 3. The summed E-state index contributed by atoms with van der Waals surface area (Å²) in [5.41, 5.74) is 9.37. The smallest absolute Gasteiger partial charge is 0.276 e. The maximum atomic E-state index is 12.5. The molecular weight excluding hydrogens is 332 g/mol. The zero-order valence-corrected chi connectivity index (χ0v) is 14.0. The quantitative estimate of drug-likeness (QED) is 0.887. The van der Waals surface area contributed by atoms with Gasteiger partial charge in [-0.2, -0.15) is 5.10 Å². The standard InChI is InChI=1S/C15H19BrN4O/c1-4-10-8-11(16)6-7-12(10)18-15(21)14-13(17)9(3)19-20(14)5-2/h6-8H,4-5,17H2,1-3H3,(H,18,21). The van der Waals surface area contributed by atoms with Crippen molar-refractivity contribution in [3.8, 4) is 0 Å². The lowest BCUT2D eigenvalue weighted by Crippen LogP contribution is -2.19. The van der Waals surface area contributed by atoms with Crippen LogP contribution in [-0.4, -0.2) is 15.7 Å². The van der Waals surface area contributed by atoms with E-state index in [1.807, 2.05) is 32.0 Å². The second-order valence-electron chi connectivity index (χ2n) is 4.77.